The predicted octanol–water partition coefficient (Wildman–Crippen LogP) is 1.30. The highest BCUT2D eigenvalue weighted by Crippen LogP contribution is 2.24. The first kappa shape index (κ1) is 14.1. The second-order valence-electron chi connectivity index (χ2n) is 5.38. The van der Waals surface area contributed by atoms with Crippen molar-refractivity contribution in [2.45, 2.75) is 44.4 Å². The molecule has 0 aromatic carbocycles. The number of carbonyl (C=O) groups excluding carboxylic acids is 1. The minimum atomic E-state index is -0.675. The smallest absolute Gasteiger partial charge is 0.234 e. The zero-order valence-corrected chi connectivity index (χ0v) is 11.5. The highest BCUT2D eigenvalue weighted by atomic mass is 16.4. The molecule has 0 aliphatic heterocycles. The van der Waals surface area contributed by atoms with Gasteiger partial charge in [0.25, 0.3) is 0 Å². The molecule has 1 heterocycles. The molecule has 0 spiro atoms. The van der Waals surface area contributed by atoms with Crippen molar-refractivity contribution in [1.29, 1.82) is 0 Å². The maximum Gasteiger partial charge on any atom is 0.234 e. The first-order valence-corrected chi connectivity index (χ1v) is 6.77. The van der Waals surface area contributed by atoms with Crippen molar-refractivity contribution in [3.63, 3.8) is 0 Å². The number of nitrogens with zero attached hydrogens (tertiary/aromatic N) is 1. The van der Waals surface area contributed by atoms with Gasteiger partial charge < -0.3 is 14.8 Å². The Morgan fingerprint density at radius 2 is 2.37 bits per heavy atom. The second-order valence-corrected chi connectivity index (χ2v) is 5.38. The summed E-state index contributed by atoms with van der Waals surface area (Å²) in [6, 6.07) is 3.97. The molecule has 1 aliphatic rings. The van der Waals surface area contributed by atoms with Gasteiger partial charge in [0, 0.05) is 18.5 Å². The number of hydrogen-bond acceptors (Lipinski definition) is 4. The van der Waals surface area contributed by atoms with Crippen molar-refractivity contribution in [3.05, 3.63) is 24.2 Å². The van der Waals surface area contributed by atoms with Crippen molar-refractivity contribution in [3.8, 4) is 0 Å². The normalized spacial score (nSPS) is 18.3. The zero-order chi connectivity index (χ0) is 13.8. The molecule has 1 saturated carbocycles. The molecule has 2 N–H and O–H groups in total. The maximum absolute atomic E-state index is 11.8. The summed E-state index contributed by atoms with van der Waals surface area (Å²) in [6.07, 6.45) is 3.69. The lowest BCUT2D eigenvalue weighted by atomic mass is 10.1. The van der Waals surface area contributed by atoms with Crippen molar-refractivity contribution in [2.24, 2.45) is 0 Å². The topological polar surface area (TPSA) is 65.7 Å². The number of rotatable bonds is 7. The highest BCUT2D eigenvalue weighted by Gasteiger charge is 2.27. The van der Waals surface area contributed by atoms with E-state index in [2.05, 4.69) is 10.2 Å². The number of carbonyl (C=O) groups is 1. The second kappa shape index (κ2) is 6.21. The van der Waals surface area contributed by atoms with Gasteiger partial charge in [-0.25, -0.2) is 0 Å². The quantitative estimate of drug-likeness (QED) is 0.781. The third-order valence-electron chi connectivity index (χ3n) is 3.42. The van der Waals surface area contributed by atoms with Crippen LogP contribution >= 0.6 is 0 Å². The molecule has 2 rings (SSSR count). The number of amides is 1. The van der Waals surface area contributed by atoms with Crippen LogP contribution in [-0.2, 0) is 4.79 Å². The van der Waals surface area contributed by atoms with Crippen LogP contribution in [-0.4, -0.2) is 41.6 Å². The fraction of sp³-hybridized carbons (Fsp3) is 0.643. The fourth-order valence-electron chi connectivity index (χ4n) is 2.18. The monoisotopic (exact) mass is 266 g/mol. The Balaban J connectivity index is 1.71. The van der Waals surface area contributed by atoms with E-state index in [0.29, 0.717) is 24.8 Å². The average molecular weight is 266 g/mol. The Hall–Kier alpha value is -1.33. The number of hydrogen-bond donors (Lipinski definition) is 2. The van der Waals surface area contributed by atoms with E-state index in [1.807, 2.05) is 14.0 Å². The minimum Gasteiger partial charge on any atom is -0.467 e. The molecule has 5 heteroatoms. The Labute approximate surface area is 113 Å². The molecule has 2 unspecified atom stereocenters. The maximum atomic E-state index is 11.8. The van der Waals surface area contributed by atoms with Crippen LogP contribution in [0.15, 0.2) is 22.8 Å². The predicted molar refractivity (Wildman–Crippen MR) is 71.5 cm³/mol. The molecular formula is C14H22N2O3. The van der Waals surface area contributed by atoms with Crippen molar-refractivity contribution in [2.75, 3.05) is 13.6 Å². The third kappa shape index (κ3) is 4.36. The summed E-state index contributed by atoms with van der Waals surface area (Å²) >= 11 is 0. The van der Waals surface area contributed by atoms with Crippen molar-refractivity contribution >= 4 is 5.91 Å². The van der Waals surface area contributed by atoms with E-state index in [1.165, 1.54) is 19.1 Å². The Morgan fingerprint density at radius 3 is 2.95 bits per heavy atom. The van der Waals surface area contributed by atoms with Crippen LogP contribution < -0.4 is 5.32 Å². The molecular weight excluding hydrogens is 244 g/mol. The van der Waals surface area contributed by atoms with Crippen LogP contribution in [0.5, 0.6) is 0 Å². The van der Waals surface area contributed by atoms with Crippen LogP contribution in [0.25, 0.3) is 0 Å². The molecule has 1 aromatic rings. The van der Waals surface area contributed by atoms with Crippen LogP contribution in [0.2, 0.25) is 0 Å². The zero-order valence-electron chi connectivity index (χ0n) is 11.5. The Morgan fingerprint density at radius 1 is 1.63 bits per heavy atom. The van der Waals surface area contributed by atoms with Gasteiger partial charge in [-0.3, -0.25) is 9.69 Å². The van der Waals surface area contributed by atoms with Gasteiger partial charge in [-0.15, -0.1) is 0 Å². The van der Waals surface area contributed by atoms with Crippen LogP contribution in [0, 0.1) is 0 Å². The number of aliphatic hydroxyl groups is 1. The largest absolute Gasteiger partial charge is 0.467 e. The molecule has 1 aromatic heterocycles. The van der Waals surface area contributed by atoms with E-state index in [4.69, 9.17) is 4.42 Å². The van der Waals surface area contributed by atoms with Gasteiger partial charge in [-0.1, -0.05) is 0 Å². The van der Waals surface area contributed by atoms with Gasteiger partial charge in [0.05, 0.1) is 12.8 Å². The molecule has 5 nitrogen and oxygen atoms in total. The summed E-state index contributed by atoms with van der Waals surface area (Å²) in [7, 11) is 1.97. The lowest BCUT2D eigenvalue weighted by molar-refractivity contribution is -0.122. The van der Waals surface area contributed by atoms with Gasteiger partial charge >= 0.3 is 0 Å². The van der Waals surface area contributed by atoms with Gasteiger partial charge in [0.15, 0.2) is 0 Å². The fourth-order valence-corrected chi connectivity index (χ4v) is 2.18. The minimum absolute atomic E-state index is 0.00791. The van der Waals surface area contributed by atoms with Gasteiger partial charge in [0.2, 0.25) is 5.91 Å². The first-order valence-electron chi connectivity index (χ1n) is 6.77. The molecule has 1 fully saturated rings. The van der Waals surface area contributed by atoms with Gasteiger partial charge in [0.1, 0.15) is 11.9 Å². The van der Waals surface area contributed by atoms with E-state index in [1.54, 1.807) is 12.1 Å². The number of furan rings is 1. The van der Waals surface area contributed by atoms with Crippen LogP contribution in [0.1, 0.15) is 38.1 Å². The van der Waals surface area contributed by atoms with E-state index in [-0.39, 0.29) is 11.9 Å². The van der Waals surface area contributed by atoms with Crippen molar-refractivity contribution in [1.82, 2.24) is 10.2 Å². The molecule has 19 heavy (non-hydrogen) atoms. The lowest BCUT2D eigenvalue weighted by Crippen LogP contribution is -2.40. The molecule has 0 saturated heterocycles. The molecule has 2 atom stereocenters. The molecule has 1 amide bonds. The van der Waals surface area contributed by atoms with Gasteiger partial charge in [-0.2, -0.15) is 0 Å². The third-order valence-corrected chi connectivity index (χ3v) is 3.42. The Kier molecular flexibility index (Phi) is 4.61. The van der Waals surface area contributed by atoms with Crippen LogP contribution in [0.4, 0.5) is 0 Å². The van der Waals surface area contributed by atoms with E-state index in [0.717, 1.165) is 0 Å². The summed E-state index contributed by atoms with van der Waals surface area (Å²) in [5, 5.41) is 12.8. The van der Waals surface area contributed by atoms with Crippen molar-refractivity contribution < 1.29 is 14.3 Å². The summed E-state index contributed by atoms with van der Waals surface area (Å²) in [6.45, 7) is 2.31. The lowest BCUT2D eigenvalue weighted by Gasteiger charge is -2.19. The van der Waals surface area contributed by atoms with Gasteiger partial charge in [-0.05, 0) is 38.9 Å². The number of aliphatic hydroxyl groups excluding tert-OH is 1. The summed E-state index contributed by atoms with van der Waals surface area (Å²) < 4.78 is 5.13. The number of nitrogens with one attached hydrogen (secondary N) is 1. The molecule has 0 bridgehead atoms. The van der Waals surface area contributed by atoms with Crippen LogP contribution in [0.3, 0.4) is 0 Å². The molecule has 1 aliphatic carbocycles. The molecule has 0 radical (unpaired) electrons. The average Bonchev–Trinajstić information content (AvgIpc) is 3.04. The summed E-state index contributed by atoms with van der Waals surface area (Å²) in [5.41, 5.74) is 0. The molecule has 106 valence electrons. The van der Waals surface area contributed by atoms with E-state index >= 15 is 0 Å². The number of likely N-dealkylation sites (N-methyl/N-ethyl adjacent to an activating group) is 1. The van der Waals surface area contributed by atoms with E-state index < -0.39 is 6.10 Å². The Bertz CT molecular complexity index is 401. The highest BCUT2D eigenvalue weighted by molar-refractivity contribution is 5.78. The summed E-state index contributed by atoms with van der Waals surface area (Å²) in [5.74, 6) is 0.546. The standard InChI is InChI=1S/C14H22N2O3/c1-10(8-12(17)13-4-3-7-19-13)15-14(18)9-16(2)11-5-6-11/h3-4,7,10-12,17H,5-6,8-9H2,1-2H3,(H,15,18). The SMILES string of the molecule is CC(CC(O)c1ccco1)NC(=O)CN(C)C1CC1. The first-order chi connectivity index (χ1) is 9.06. The van der Waals surface area contributed by atoms with E-state index in [9.17, 15) is 9.90 Å². The summed E-state index contributed by atoms with van der Waals surface area (Å²) in [4.78, 5) is 13.9.